The van der Waals surface area contributed by atoms with E-state index >= 15 is 0 Å². The highest BCUT2D eigenvalue weighted by molar-refractivity contribution is 5.97. The molecule has 9 heteroatoms. The predicted octanol–water partition coefficient (Wildman–Crippen LogP) is 2.02. The molecular weight excluding hydrogens is 344 g/mol. The summed E-state index contributed by atoms with van der Waals surface area (Å²) >= 11 is 0. The lowest BCUT2D eigenvalue weighted by Gasteiger charge is -2.06. The number of nitrogens with two attached hydrogens (primary N) is 1. The summed E-state index contributed by atoms with van der Waals surface area (Å²) in [6.45, 7) is 0. The minimum atomic E-state index is -0.937. The maximum Gasteiger partial charge on any atom is 0.350 e. The quantitative estimate of drug-likeness (QED) is 0.248. The number of amides is 1. The number of para-hydroxylation sites is 1. The molecule has 3 aromatic rings. The number of benzene rings is 2. The van der Waals surface area contributed by atoms with Gasteiger partial charge in [0.25, 0.3) is 11.6 Å². The van der Waals surface area contributed by atoms with E-state index in [1.807, 2.05) is 0 Å². The van der Waals surface area contributed by atoms with Gasteiger partial charge in [0, 0.05) is 17.5 Å². The molecule has 0 unspecified atom stereocenters. The summed E-state index contributed by atoms with van der Waals surface area (Å²) in [6, 6.07) is 10.7. The van der Waals surface area contributed by atoms with Crippen LogP contribution in [0.1, 0.15) is 20.7 Å². The van der Waals surface area contributed by atoms with Crippen molar-refractivity contribution in [3.8, 4) is 5.75 Å². The van der Waals surface area contributed by atoms with Gasteiger partial charge >= 0.3 is 11.6 Å². The predicted molar refractivity (Wildman–Crippen MR) is 89.1 cm³/mol. The number of primary amides is 1. The number of rotatable bonds is 4. The summed E-state index contributed by atoms with van der Waals surface area (Å²) in [4.78, 5) is 45.4. The van der Waals surface area contributed by atoms with Gasteiger partial charge in [-0.2, -0.15) is 0 Å². The van der Waals surface area contributed by atoms with Crippen molar-refractivity contribution in [3.63, 3.8) is 0 Å². The van der Waals surface area contributed by atoms with E-state index in [0.29, 0.717) is 5.39 Å². The molecule has 0 spiro atoms. The van der Waals surface area contributed by atoms with Crippen LogP contribution in [0.5, 0.6) is 5.75 Å². The SMILES string of the molecule is NC(=O)c1cc2ccc(OC(=O)c3ccccc3[N+](=O)[O-])cc2oc1=O. The van der Waals surface area contributed by atoms with Gasteiger partial charge in [0.1, 0.15) is 22.5 Å². The highest BCUT2D eigenvalue weighted by Gasteiger charge is 2.21. The van der Waals surface area contributed by atoms with Crippen LogP contribution in [0.4, 0.5) is 5.69 Å². The molecule has 0 aliphatic carbocycles. The van der Waals surface area contributed by atoms with Crippen molar-refractivity contribution in [3.05, 3.63) is 80.2 Å². The molecule has 2 N–H and O–H groups in total. The Morgan fingerprint density at radius 1 is 1.08 bits per heavy atom. The smallest absolute Gasteiger partial charge is 0.350 e. The van der Waals surface area contributed by atoms with Crippen LogP contribution in [-0.2, 0) is 0 Å². The Morgan fingerprint density at radius 3 is 2.50 bits per heavy atom. The Labute approximate surface area is 144 Å². The third-order valence-corrected chi connectivity index (χ3v) is 3.50. The zero-order chi connectivity index (χ0) is 18.8. The van der Waals surface area contributed by atoms with Gasteiger partial charge in [-0.1, -0.05) is 12.1 Å². The first-order chi connectivity index (χ1) is 12.4. The van der Waals surface area contributed by atoms with E-state index in [1.165, 1.54) is 48.5 Å². The van der Waals surface area contributed by atoms with Gasteiger partial charge in [0.05, 0.1) is 4.92 Å². The Balaban J connectivity index is 1.96. The molecule has 130 valence electrons. The molecule has 9 nitrogen and oxygen atoms in total. The highest BCUT2D eigenvalue weighted by Crippen LogP contribution is 2.24. The molecule has 26 heavy (non-hydrogen) atoms. The van der Waals surface area contributed by atoms with E-state index in [9.17, 15) is 24.5 Å². The van der Waals surface area contributed by atoms with E-state index in [0.717, 1.165) is 0 Å². The Hall–Kier alpha value is -4.01. The molecule has 0 bridgehead atoms. The average Bonchev–Trinajstić information content (AvgIpc) is 2.60. The van der Waals surface area contributed by atoms with Crippen LogP contribution >= 0.6 is 0 Å². The average molecular weight is 354 g/mol. The van der Waals surface area contributed by atoms with Gasteiger partial charge in [-0.05, 0) is 24.3 Å². The summed E-state index contributed by atoms with van der Waals surface area (Å²) in [5, 5.41) is 11.4. The van der Waals surface area contributed by atoms with Crippen molar-refractivity contribution < 1.29 is 23.7 Å². The first kappa shape index (κ1) is 16.8. The fourth-order valence-electron chi connectivity index (χ4n) is 2.29. The topological polar surface area (TPSA) is 143 Å². The fraction of sp³-hybridized carbons (Fsp3) is 0. The largest absolute Gasteiger partial charge is 0.423 e. The summed E-state index contributed by atoms with van der Waals surface area (Å²) in [5.41, 5.74) is 3.30. The first-order valence-corrected chi connectivity index (χ1v) is 7.20. The molecule has 0 fully saturated rings. The van der Waals surface area contributed by atoms with Gasteiger partial charge in [-0.25, -0.2) is 9.59 Å². The number of esters is 1. The van der Waals surface area contributed by atoms with E-state index in [2.05, 4.69) is 0 Å². The number of carbonyl (C=O) groups is 2. The molecule has 0 saturated heterocycles. The van der Waals surface area contributed by atoms with Gasteiger partial charge < -0.3 is 14.9 Å². The van der Waals surface area contributed by atoms with Gasteiger partial charge in [0.2, 0.25) is 0 Å². The van der Waals surface area contributed by atoms with Crippen LogP contribution < -0.4 is 16.1 Å². The first-order valence-electron chi connectivity index (χ1n) is 7.20. The van der Waals surface area contributed by atoms with Gasteiger partial charge in [-0.3, -0.25) is 14.9 Å². The lowest BCUT2D eigenvalue weighted by atomic mass is 10.1. The molecule has 1 heterocycles. The third kappa shape index (κ3) is 3.13. The number of nitro benzene ring substituents is 1. The van der Waals surface area contributed by atoms with Crippen molar-refractivity contribution in [2.75, 3.05) is 0 Å². The molecule has 3 rings (SSSR count). The fourth-order valence-corrected chi connectivity index (χ4v) is 2.29. The van der Waals surface area contributed by atoms with Crippen molar-refractivity contribution in [2.24, 2.45) is 5.73 Å². The van der Waals surface area contributed by atoms with E-state index in [4.69, 9.17) is 14.9 Å². The van der Waals surface area contributed by atoms with E-state index < -0.39 is 28.1 Å². The number of fused-ring (bicyclic) bond motifs is 1. The van der Waals surface area contributed by atoms with Crippen LogP contribution in [-0.4, -0.2) is 16.8 Å². The standard InChI is InChI=1S/C17H10N2O7/c18-15(20)12-7-9-5-6-10(8-14(9)26-17(12)22)25-16(21)11-3-1-2-4-13(11)19(23)24/h1-8H,(H2,18,20). The summed E-state index contributed by atoms with van der Waals surface area (Å²) in [6.07, 6.45) is 0. The molecule has 0 radical (unpaired) electrons. The van der Waals surface area contributed by atoms with Crippen molar-refractivity contribution >= 4 is 28.5 Å². The summed E-state index contributed by atoms with van der Waals surface area (Å²) < 4.78 is 10.1. The van der Waals surface area contributed by atoms with Gasteiger partial charge in [-0.15, -0.1) is 0 Å². The zero-order valence-electron chi connectivity index (χ0n) is 13.0. The molecule has 2 aromatic carbocycles. The van der Waals surface area contributed by atoms with Crippen LogP contribution in [0.15, 0.2) is 57.7 Å². The second-order valence-corrected chi connectivity index (χ2v) is 5.18. The van der Waals surface area contributed by atoms with Crippen molar-refractivity contribution in [2.45, 2.75) is 0 Å². The van der Waals surface area contributed by atoms with E-state index in [1.54, 1.807) is 0 Å². The van der Waals surface area contributed by atoms with Crippen LogP contribution in [0.25, 0.3) is 11.0 Å². The normalized spacial score (nSPS) is 10.5. The van der Waals surface area contributed by atoms with Crippen molar-refractivity contribution in [1.29, 1.82) is 0 Å². The zero-order valence-corrected chi connectivity index (χ0v) is 13.0. The number of nitro groups is 1. The van der Waals surface area contributed by atoms with Crippen LogP contribution in [0, 0.1) is 10.1 Å². The molecule has 0 saturated carbocycles. The molecule has 1 amide bonds. The molecular formula is C17H10N2O7. The minimum absolute atomic E-state index is 0.00984. The minimum Gasteiger partial charge on any atom is -0.423 e. The number of carbonyl (C=O) groups excluding carboxylic acids is 2. The monoisotopic (exact) mass is 354 g/mol. The van der Waals surface area contributed by atoms with Crippen LogP contribution in [0.3, 0.4) is 0 Å². The molecule has 0 atom stereocenters. The number of nitrogens with zero attached hydrogens (tertiary/aromatic N) is 1. The number of ether oxygens (including phenoxy) is 1. The van der Waals surface area contributed by atoms with Crippen LogP contribution in [0.2, 0.25) is 0 Å². The number of hydrogen-bond donors (Lipinski definition) is 1. The van der Waals surface area contributed by atoms with E-state index in [-0.39, 0.29) is 22.5 Å². The number of hydrogen-bond acceptors (Lipinski definition) is 7. The second-order valence-electron chi connectivity index (χ2n) is 5.18. The molecule has 0 aliphatic heterocycles. The molecule has 0 aliphatic rings. The molecule has 1 aromatic heterocycles. The Bertz CT molecular complexity index is 1120. The maximum atomic E-state index is 12.2. The summed E-state index contributed by atoms with van der Waals surface area (Å²) in [7, 11) is 0. The lowest BCUT2D eigenvalue weighted by molar-refractivity contribution is -0.385. The lowest BCUT2D eigenvalue weighted by Crippen LogP contribution is -2.20. The third-order valence-electron chi connectivity index (χ3n) is 3.50. The Morgan fingerprint density at radius 2 is 1.81 bits per heavy atom. The second kappa shape index (κ2) is 6.48. The summed E-state index contributed by atoms with van der Waals surface area (Å²) in [5.74, 6) is -1.85. The van der Waals surface area contributed by atoms with Crippen molar-refractivity contribution in [1.82, 2.24) is 0 Å². The maximum absolute atomic E-state index is 12.2. The Kier molecular flexibility index (Phi) is 4.19. The highest BCUT2D eigenvalue weighted by atomic mass is 16.6. The van der Waals surface area contributed by atoms with Gasteiger partial charge in [0.15, 0.2) is 0 Å².